The molecule has 2 amide bonds. The largest absolute Gasteiger partial charge is 0.444 e. The van der Waals surface area contributed by atoms with Crippen molar-refractivity contribution in [2.75, 3.05) is 13.1 Å². The van der Waals surface area contributed by atoms with Crippen LogP contribution in [0.2, 0.25) is 0 Å². The minimum absolute atomic E-state index is 0.142. The predicted octanol–water partition coefficient (Wildman–Crippen LogP) is 3.78. The third-order valence-corrected chi connectivity index (χ3v) is 5.62. The molecule has 8 nitrogen and oxygen atoms in total. The third-order valence-electron chi connectivity index (χ3n) is 5.62. The van der Waals surface area contributed by atoms with Crippen molar-refractivity contribution in [3.63, 3.8) is 0 Å². The van der Waals surface area contributed by atoms with Crippen molar-refractivity contribution in [2.45, 2.75) is 45.1 Å². The number of carbonyl (C=O) groups is 2. The Morgan fingerprint density at radius 1 is 1.29 bits per heavy atom. The number of amides is 2. The monoisotopic (exact) mass is 423 g/mol. The summed E-state index contributed by atoms with van der Waals surface area (Å²) < 4.78 is 7.31. The summed E-state index contributed by atoms with van der Waals surface area (Å²) in [5, 5.41) is 5.19. The molecule has 0 bridgehead atoms. The molecule has 164 valence electrons. The number of carbonyl (C=O) groups excluding carboxylic acids is 2. The molecular weight excluding hydrogens is 394 g/mol. The predicted molar refractivity (Wildman–Crippen MR) is 119 cm³/mol. The number of hydrogen-bond acceptors (Lipinski definition) is 4. The van der Waals surface area contributed by atoms with Gasteiger partial charge in [0.15, 0.2) is 0 Å². The van der Waals surface area contributed by atoms with E-state index in [0.717, 1.165) is 40.6 Å². The highest BCUT2D eigenvalue weighted by Crippen LogP contribution is 2.36. The van der Waals surface area contributed by atoms with Gasteiger partial charge in [0.05, 0.1) is 17.3 Å². The van der Waals surface area contributed by atoms with Gasteiger partial charge in [0.25, 0.3) is 5.91 Å². The lowest BCUT2D eigenvalue weighted by molar-refractivity contribution is 0.0198. The molecular formula is C23H29N5O3. The van der Waals surface area contributed by atoms with Crippen LogP contribution in [0.1, 0.15) is 55.5 Å². The molecule has 1 aromatic carbocycles. The number of likely N-dealkylation sites (tertiary alicyclic amines) is 1. The highest BCUT2D eigenvalue weighted by molar-refractivity contribution is 6.07. The quantitative estimate of drug-likeness (QED) is 0.668. The summed E-state index contributed by atoms with van der Waals surface area (Å²) in [6, 6.07) is 5.78. The second-order valence-electron chi connectivity index (χ2n) is 9.21. The summed E-state index contributed by atoms with van der Waals surface area (Å²) in [5.41, 5.74) is 9.18. The van der Waals surface area contributed by atoms with Crippen LogP contribution >= 0.6 is 0 Å². The van der Waals surface area contributed by atoms with E-state index in [0.29, 0.717) is 18.7 Å². The Balaban J connectivity index is 1.71. The number of aromatic nitrogens is 3. The summed E-state index contributed by atoms with van der Waals surface area (Å²) in [5.74, 6) is -0.335. The Morgan fingerprint density at radius 2 is 2.06 bits per heavy atom. The zero-order valence-electron chi connectivity index (χ0n) is 18.4. The summed E-state index contributed by atoms with van der Waals surface area (Å²) in [6.07, 6.45) is 5.26. The SMILES string of the molecule is Cn1cc(-c2cc3c(C4CCCN(C(=O)OC(C)(C)C)C4)ccc(C(N)=O)c3[nH]2)cn1. The molecule has 3 aromatic rings. The number of ether oxygens (including phenoxy) is 1. The molecule has 0 spiro atoms. The Kier molecular flexibility index (Phi) is 5.24. The van der Waals surface area contributed by atoms with Crippen LogP contribution in [0.4, 0.5) is 4.79 Å². The van der Waals surface area contributed by atoms with Crippen molar-refractivity contribution in [3.05, 3.63) is 41.7 Å². The molecule has 1 saturated heterocycles. The first kappa shape index (κ1) is 21.0. The Labute approximate surface area is 181 Å². The van der Waals surface area contributed by atoms with Gasteiger partial charge in [-0.05, 0) is 51.3 Å². The number of hydrogen-bond donors (Lipinski definition) is 2. The van der Waals surface area contributed by atoms with E-state index in [4.69, 9.17) is 10.5 Å². The number of nitrogens with two attached hydrogens (primary N) is 1. The van der Waals surface area contributed by atoms with Crippen LogP contribution in [0, 0.1) is 0 Å². The number of primary amides is 1. The number of nitrogens with one attached hydrogen (secondary N) is 1. The van der Waals surface area contributed by atoms with E-state index in [-0.39, 0.29) is 12.0 Å². The molecule has 1 fully saturated rings. The maximum absolute atomic E-state index is 12.6. The number of rotatable bonds is 3. The van der Waals surface area contributed by atoms with Gasteiger partial charge < -0.3 is 20.4 Å². The zero-order chi connectivity index (χ0) is 22.3. The van der Waals surface area contributed by atoms with Crippen LogP contribution in [-0.4, -0.2) is 50.4 Å². The molecule has 0 aliphatic carbocycles. The lowest BCUT2D eigenvalue weighted by atomic mass is 9.87. The molecule has 2 aromatic heterocycles. The average Bonchev–Trinajstić information content (AvgIpc) is 3.32. The second-order valence-corrected chi connectivity index (χ2v) is 9.21. The van der Waals surface area contributed by atoms with Gasteiger partial charge in [0.1, 0.15) is 5.60 Å². The average molecular weight is 424 g/mol. The smallest absolute Gasteiger partial charge is 0.410 e. The van der Waals surface area contributed by atoms with Gasteiger partial charge in [-0.15, -0.1) is 0 Å². The topological polar surface area (TPSA) is 106 Å². The number of aryl methyl sites for hydroxylation is 1. The van der Waals surface area contributed by atoms with E-state index < -0.39 is 11.5 Å². The van der Waals surface area contributed by atoms with Gasteiger partial charge in [-0.1, -0.05) is 6.07 Å². The number of benzene rings is 1. The molecule has 31 heavy (non-hydrogen) atoms. The summed E-state index contributed by atoms with van der Waals surface area (Å²) in [4.78, 5) is 29.8. The number of H-pyrrole nitrogens is 1. The molecule has 0 saturated carbocycles. The van der Waals surface area contributed by atoms with Gasteiger partial charge in [0, 0.05) is 48.9 Å². The molecule has 3 heterocycles. The molecule has 1 unspecified atom stereocenters. The first-order chi connectivity index (χ1) is 14.6. The van der Waals surface area contributed by atoms with Crippen LogP contribution in [0.5, 0.6) is 0 Å². The van der Waals surface area contributed by atoms with E-state index in [1.165, 1.54) is 0 Å². The standard InChI is InChI=1S/C23H29N5O3/c1-23(2,3)31-22(30)28-9-5-6-14(13-28)16-7-8-17(21(24)29)20-18(16)10-19(26-20)15-11-25-27(4)12-15/h7-8,10-12,14,26H,5-6,9,13H2,1-4H3,(H2,24,29). The Morgan fingerprint density at radius 3 is 2.71 bits per heavy atom. The first-order valence-electron chi connectivity index (χ1n) is 10.5. The van der Waals surface area contributed by atoms with Crippen molar-refractivity contribution < 1.29 is 14.3 Å². The fraction of sp³-hybridized carbons (Fsp3) is 0.435. The van der Waals surface area contributed by atoms with E-state index in [2.05, 4.69) is 10.1 Å². The summed E-state index contributed by atoms with van der Waals surface area (Å²) in [6.45, 7) is 6.88. The van der Waals surface area contributed by atoms with Gasteiger partial charge in [-0.3, -0.25) is 9.48 Å². The number of piperidine rings is 1. The van der Waals surface area contributed by atoms with Gasteiger partial charge in [-0.2, -0.15) is 5.10 Å². The van der Waals surface area contributed by atoms with Crippen LogP contribution in [0.15, 0.2) is 30.6 Å². The van der Waals surface area contributed by atoms with E-state index in [9.17, 15) is 9.59 Å². The number of fused-ring (bicyclic) bond motifs is 1. The van der Waals surface area contributed by atoms with Crippen molar-refractivity contribution >= 4 is 22.9 Å². The van der Waals surface area contributed by atoms with Crippen LogP contribution in [0.3, 0.4) is 0 Å². The molecule has 0 radical (unpaired) electrons. The maximum atomic E-state index is 12.6. The fourth-order valence-corrected chi connectivity index (χ4v) is 4.24. The lowest BCUT2D eigenvalue weighted by Gasteiger charge is -2.34. The fourth-order valence-electron chi connectivity index (χ4n) is 4.24. The van der Waals surface area contributed by atoms with Crippen molar-refractivity contribution in [1.29, 1.82) is 0 Å². The summed E-state index contributed by atoms with van der Waals surface area (Å²) in [7, 11) is 1.86. The zero-order valence-corrected chi connectivity index (χ0v) is 18.4. The van der Waals surface area contributed by atoms with Crippen LogP contribution in [-0.2, 0) is 11.8 Å². The van der Waals surface area contributed by atoms with Crippen molar-refractivity contribution in [2.24, 2.45) is 12.8 Å². The van der Waals surface area contributed by atoms with Crippen molar-refractivity contribution in [1.82, 2.24) is 19.7 Å². The first-order valence-corrected chi connectivity index (χ1v) is 10.5. The molecule has 4 rings (SSSR count). The lowest BCUT2D eigenvalue weighted by Crippen LogP contribution is -2.42. The van der Waals surface area contributed by atoms with E-state index >= 15 is 0 Å². The van der Waals surface area contributed by atoms with E-state index in [1.54, 1.807) is 21.8 Å². The maximum Gasteiger partial charge on any atom is 0.410 e. The summed E-state index contributed by atoms with van der Waals surface area (Å²) >= 11 is 0. The Bertz CT molecular complexity index is 1140. The minimum Gasteiger partial charge on any atom is -0.444 e. The van der Waals surface area contributed by atoms with Gasteiger partial charge >= 0.3 is 6.09 Å². The van der Waals surface area contributed by atoms with Crippen LogP contribution < -0.4 is 5.73 Å². The van der Waals surface area contributed by atoms with Gasteiger partial charge in [0.2, 0.25) is 0 Å². The minimum atomic E-state index is -0.528. The Hall–Kier alpha value is -3.29. The molecule has 1 aliphatic heterocycles. The highest BCUT2D eigenvalue weighted by Gasteiger charge is 2.30. The number of aromatic amines is 1. The normalized spacial score (nSPS) is 17.2. The molecule has 1 atom stereocenters. The third kappa shape index (κ3) is 4.28. The highest BCUT2D eigenvalue weighted by atomic mass is 16.6. The molecule has 3 N–H and O–H groups in total. The second kappa shape index (κ2) is 7.76. The van der Waals surface area contributed by atoms with Gasteiger partial charge in [-0.25, -0.2) is 4.79 Å². The van der Waals surface area contributed by atoms with E-state index in [1.807, 2.05) is 46.1 Å². The molecule has 1 aliphatic rings. The number of nitrogens with zero attached hydrogens (tertiary/aromatic N) is 3. The molecule has 8 heteroatoms. The van der Waals surface area contributed by atoms with Crippen molar-refractivity contribution in [3.8, 4) is 11.3 Å². The van der Waals surface area contributed by atoms with Crippen LogP contribution in [0.25, 0.3) is 22.2 Å².